The van der Waals surface area contributed by atoms with Gasteiger partial charge in [0.25, 0.3) is 6.23 Å². The molecule has 128 valence electrons. The fraction of sp³-hybridized carbons (Fsp3) is 0.0833. The van der Waals surface area contributed by atoms with E-state index in [1.54, 1.807) is 0 Å². The summed E-state index contributed by atoms with van der Waals surface area (Å²) in [4.78, 5) is 1.21. The first-order valence-corrected chi connectivity index (χ1v) is 8.91. The molecule has 26 heavy (non-hydrogen) atoms. The van der Waals surface area contributed by atoms with Crippen LogP contribution in [0.15, 0.2) is 103 Å². The van der Waals surface area contributed by atoms with E-state index in [1.807, 2.05) is 30.3 Å². The van der Waals surface area contributed by atoms with Gasteiger partial charge >= 0.3 is 0 Å². The molecule has 0 amide bonds. The molecular weight excluding hydrogens is 318 g/mol. The average molecular weight is 340 g/mol. The molecule has 2 nitrogen and oxygen atoms in total. The minimum atomic E-state index is -0.0900. The van der Waals surface area contributed by atoms with Crippen molar-refractivity contribution >= 4 is 17.0 Å². The van der Waals surface area contributed by atoms with Crippen LogP contribution in [0.25, 0.3) is 11.3 Å². The summed E-state index contributed by atoms with van der Waals surface area (Å²) in [6.45, 7) is 0. The van der Waals surface area contributed by atoms with Crippen LogP contribution in [-0.2, 0) is 4.74 Å². The Bertz CT molecular complexity index is 914. The maximum Gasteiger partial charge on any atom is 0.257 e. The van der Waals surface area contributed by atoms with Gasteiger partial charge in [-0.15, -0.1) is 0 Å². The van der Waals surface area contributed by atoms with Gasteiger partial charge in [-0.25, -0.2) is 0 Å². The molecule has 1 N–H and O–H groups in total. The minimum absolute atomic E-state index is 0.0900. The fourth-order valence-corrected chi connectivity index (χ4v) is 3.20. The summed E-state index contributed by atoms with van der Waals surface area (Å²) in [5.74, 6) is 0.909. The van der Waals surface area contributed by atoms with Crippen LogP contribution in [0.3, 0.4) is 0 Å². The van der Waals surface area contributed by atoms with Gasteiger partial charge in [-0.2, -0.15) is 0 Å². The number of para-hydroxylation sites is 1. The monoisotopic (exact) mass is 340 g/mol. The van der Waals surface area contributed by atoms with Crippen molar-refractivity contribution in [1.82, 2.24) is 0 Å². The zero-order chi connectivity index (χ0) is 17.8. The Morgan fingerprint density at radius 2 is 1.23 bits per heavy atom. The number of benzene rings is 3. The quantitative estimate of drug-likeness (QED) is 0.747. The maximum absolute atomic E-state index is 6.39. The number of allylic oxidation sites excluding steroid dienone is 2. The zero-order valence-electron chi connectivity index (χ0n) is 14.8. The smallest absolute Gasteiger partial charge is 0.257 e. The molecule has 0 spiro atoms. The summed E-state index contributed by atoms with van der Waals surface area (Å²) >= 11 is 0. The summed E-state index contributed by atoms with van der Waals surface area (Å²) < 4.78 is 6.39. The number of hydrogen-bond donors (Lipinski definition) is 1. The van der Waals surface area contributed by atoms with E-state index in [1.165, 1.54) is 21.7 Å². The molecule has 3 aromatic rings. The largest absolute Gasteiger partial charge is 0.438 e. The summed E-state index contributed by atoms with van der Waals surface area (Å²) in [6, 6.07) is 31.2. The second-order valence-corrected chi connectivity index (χ2v) is 6.45. The van der Waals surface area contributed by atoms with Crippen LogP contribution in [0.1, 0.15) is 11.1 Å². The van der Waals surface area contributed by atoms with E-state index in [9.17, 15) is 0 Å². The van der Waals surface area contributed by atoms with E-state index in [4.69, 9.17) is 4.74 Å². The lowest BCUT2D eigenvalue weighted by Gasteiger charge is -2.28. The van der Waals surface area contributed by atoms with Gasteiger partial charge in [0.2, 0.25) is 0 Å². The number of quaternary nitrogens is 1. The van der Waals surface area contributed by atoms with Crippen molar-refractivity contribution in [2.75, 3.05) is 7.05 Å². The van der Waals surface area contributed by atoms with Gasteiger partial charge < -0.3 is 4.74 Å². The van der Waals surface area contributed by atoms with Gasteiger partial charge in [0, 0.05) is 11.6 Å². The van der Waals surface area contributed by atoms with E-state index in [2.05, 4.69) is 79.9 Å². The van der Waals surface area contributed by atoms with Gasteiger partial charge in [-0.1, -0.05) is 78.9 Å². The molecule has 2 heteroatoms. The summed E-state index contributed by atoms with van der Waals surface area (Å²) in [5, 5.41) is 0. The Labute approximate surface area is 154 Å². The number of nitrogens with one attached hydrogen (secondary N) is 1. The lowest BCUT2D eigenvalue weighted by molar-refractivity contribution is -0.855. The van der Waals surface area contributed by atoms with E-state index < -0.39 is 0 Å². The van der Waals surface area contributed by atoms with E-state index in [-0.39, 0.29) is 6.23 Å². The fourth-order valence-electron chi connectivity index (χ4n) is 3.20. The Hall–Kier alpha value is -3.10. The Morgan fingerprint density at radius 3 is 1.85 bits per heavy atom. The molecule has 1 aliphatic rings. The molecule has 1 heterocycles. The molecule has 0 radical (unpaired) electrons. The molecule has 0 bridgehead atoms. The Balaban J connectivity index is 1.74. The van der Waals surface area contributed by atoms with Crippen molar-refractivity contribution in [3.63, 3.8) is 0 Å². The Kier molecular flexibility index (Phi) is 4.67. The molecule has 0 fully saturated rings. The maximum atomic E-state index is 6.39. The molecule has 2 atom stereocenters. The van der Waals surface area contributed by atoms with Gasteiger partial charge in [-0.3, -0.25) is 4.90 Å². The minimum Gasteiger partial charge on any atom is -0.438 e. The topological polar surface area (TPSA) is 13.7 Å². The van der Waals surface area contributed by atoms with Crippen molar-refractivity contribution in [2.24, 2.45) is 0 Å². The van der Waals surface area contributed by atoms with Crippen molar-refractivity contribution in [3.8, 4) is 0 Å². The lowest BCUT2D eigenvalue weighted by Crippen LogP contribution is -3.08. The third kappa shape index (κ3) is 3.46. The summed E-state index contributed by atoms with van der Waals surface area (Å²) in [7, 11) is 2.15. The highest BCUT2D eigenvalue weighted by Crippen LogP contribution is 2.28. The van der Waals surface area contributed by atoms with Crippen LogP contribution < -0.4 is 4.90 Å². The molecular formula is C24H22NO+. The summed E-state index contributed by atoms with van der Waals surface area (Å²) in [5.41, 5.74) is 4.70. The van der Waals surface area contributed by atoms with Crippen molar-refractivity contribution in [1.29, 1.82) is 0 Å². The number of ether oxygens (including phenoxy) is 1. The van der Waals surface area contributed by atoms with E-state index in [0.717, 1.165) is 11.3 Å². The third-order valence-electron chi connectivity index (χ3n) is 4.69. The number of likely N-dealkylation sites (N-methyl/N-ethyl adjacent to an activating group) is 1. The number of rotatable bonds is 4. The zero-order valence-corrected chi connectivity index (χ0v) is 14.8. The molecule has 0 saturated heterocycles. The van der Waals surface area contributed by atoms with E-state index in [0.29, 0.717) is 0 Å². The SMILES string of the molecule is C[NH+](c1ccccc1)C1C=C(c2ccccc2)C=C(c2ccccc2)O1. The first-order chi connectivity index (χ1) is 12.8. The normalized spacial score (nSPS) is 17.7. The van der Waals surface area contributed by atoms with Gasteiger partial charge in [0.05, 0.1) is 7.05 Å². The highest BCUT2D eigenvalue weighted by molar-refractivity contribution is 5.83. The molecule has 1 aliphatic heterocycles. The first kappa shape index (κ1) is 16.4. The molecule has 0 saturated carbocycles. The second kappa shape index (κ2) is 7.42. The highest BCUT2D eigenvalue weighted by Gasteiger charge is 2.26. The van der Waals surface area contributed by atoms with Gasteiger partial charge in [0.1, 0.15) is 11.4 Å². The average Bonchev–Trinajstić information content (AvgIpc) is 2.75. The molecule has 2 unspecified atom stereocenters. The standard InChI is InChI=1S/C24H21NO/c1-25(22-15-9-4-10-16-22)24-18-21(19-11-5-2-6-12-19)17-23(26-24)20-13-7-3-8-14-20/h2-18,24H,1H3/p+1. The lowest BCUT2D eigenvalue weighted by atomic mass is 10.0. The Morgan fingerprint density at radius 1 is 0.692 bits per heavy atom. The third-order valence-corrected chi connectivity index (χ3v) is 4.69. The van der Waals surface area contributed by atoms with Crippen LogP contribution in [0.2, 0.25) is 0 Å². The van der Waals surface area contributed by atoms with Crippen LogP contribution in [0.5, 0.6) is 0 Å². The predicted molar refractivity (Wildman–Crippen MR) is 107 cm³/mol. The van der Waals surface area contributed by atoms with Crippen LogP contribution in [-0.4, -0.2) is 13.3 Å². The highest BCUT2D eigenvalue weighted by atomic mass is 16.5. The van der Waals surface area contributed by atoms with Crippen molar-refractivity contribution in [3.05, 3.63) is 114 Å². The van der Waals surface area contributed by atoms with E-state index >= 15 is 0 Å². The number of hydrogen-bond acceptors (Lipinski definition) is 1. The molecule has 0 aliphatic carbocycles. The van der Waals surface area contributed by atoms with Crippen molar-refractivity contribution in [2.45, 2.75) is 6.23 Å². The first-order valence-electron chi connectivity index (χ1n) is 8.91. The second-order valence-electron chi connectivity index (χ2n) is 6.45. The van der Waals surface area contributed by atoms with Gasteiger partial charge in [-0.05, 0) is 29.3 Å². The molecule has 4 rings (SSSR count). The molecule has 0 aromatic heterocycles. The summed E-state index contributed by atoms with van der Waals surface area (Å²) in [6.07, 6.45) is 4.26. The van der Waals surface area contributed by atoms with Crippen LogP contribution in [0.4, 0.5) is 5.69 Å². The predicted octanol–water partition coefficient (Wildman–Crippen LogP) is 4.31. The molecule has 3 aromatic carbocycles. The van der Waals surface area contributed by atoms with Crippen LogP contribution >= 0.6 is 0 Å². The van der Waals surface area contributed by atoms with Gasteiger partial charge in [0.15, 0.2) is 0 Å². The van der Waals surface area contributed by atoms with Crippen LogP contribution in [0, 0.1) is 0 Å². The van der Waals surface area contributed by atoms with Crippen molar-refractivity contribution < 1.29 is 9.64 Å².